The van der Waals surface area contributed by atoms with Crippen LogP contribution >= 0.6 is 0 Å². The molecule has 0 aromatic carbocycles. The third-order valence-corrected chi connectivity index (χ3v) is 2.78. The van der Waals surface area contributed by atoms with E-state index in [4.69, 9.17) is 5.73 Å². The molecule has 2 aromatic heterocycles. The number of rotatable bonds is 5. The molecule has 0 radical (unpaired) electrons. The Kier molecular flexibility index (Phi) is 4.25. The van der Waals surface area contributed by atoms with E-state index in [1.165, 1.54) is 5.56 Å². The minimum Gasteiger partial charge on any atom is -0.384 e. The molecule has 4 nitrogen and oxygen atoms in total. The molecule has 0 aliphatic rings. The summed E-state index contributed by atoms with van der Waals surface area (Å²) in [6.45, 7) is 1.85. The van der Waals surface area contributed by atoms with Crippen LogP contribution in [0.1, 0.15) is 11.3 Å². The highest BCUT2D eigenvalue weighted by Gasteiger charge is 2.02. The predicted octanol–water partition coefficient (Wildman–Crippen LogP) is 1.73. The fourth-order valence-electron chi connectivity index (χ4n) is 1.77. The van der Waals surface area contributed by atoms with E-state index in [-0.39, 0.29) is 0 Å². The maximum Gasteiger partial charge on any atom is 0.123 e. The summed E-state index contributed by atoms with van der Waals surface area (Å²) in [5.41, 5.74) is 7.86. The van der Waals surface area contributed by atoms with E-state index in [1.54, 1.807) is 0 Å². The Balaban J connectivity index is 1.82. The lowest BCUT2D eigenvalue weighted by Crippen LogP contribution is -2.21. The Labute approximate surface area is 107 Å². The fourth-order valence-corrected chi connectivity index (χ4v) is 1.77. The van der Waals surface area contributed by atoms with Crippen LogP contribution in [0.25, 0.3) is 0 Å². The zero-order chi connectivity index (χ0) is 12.8. The summed E-state index contributed by atoms with van der Waals surface area (Å²) in [6, 6.07) is 9.86. The fraction of sp³-hybridized carbons (Fsp3) is 0.286. The Hall–Kier alpha value is -1.94. The third kappa shape index (κ3) is 3.82. The van der Waals surface area contributed by atoms with Crippen molar-refractivity contribution in [3.8, 4) is 0 Å². The second-order valence-electron chi connectivity index (χ2n) is 4.40. The van der Waals surface area contributed by atoms with Crippen molar-refractivity contribution in [2.75, 3.05) is 19.3 Å². The molecule has 0 saturated heterocycles. The van der Waals surface area contributed by atoms with Crippen LogP contribution in [0.15, 0.2) is 42.7 Å². The number of hydrogen-bond donors (Lipinski definition) is 1. The second kappa shape index (κ2) is 6.12. The highest BCUT2D eigenvalue weighted by atomic mass is 15.1. The minimum atomic E-state index is 0.565. The Morgan fingerprint density at radius 3 is 2.72 bits per heavy atom. The maximum atomic E-state index is 5.56. The molecule has 2 rings (SSSR count). The first-order valence-corrected chi connectivity index (χ1v) is 6.03. The first-order valence-electron chi connectivity index (χ1n) is 6.03. The number of aromatic nitrogens is 2. The van der Waals surface area contributed by atoms with E-state index >= 15 is 0 Å². The summed E-state index contributed by atoms with van der Waals surface area (Å²) in [7, 11) is 2.10. The van der Waals surface area contributed by atoms with Gasteiger partial charge in [-0.15, -0.1) is 0 Å². The van der Waals surface area contributed by atoms with Crippen molar-refractivity contribution in [3.05, 3.63) is 54.0 Å². The van der Waals surface area contributed by atoms with Gasteiger partial charge in [0.25, 0.3) is 0 Å². The molecule has 0 spiro atoms. The number of hydrogen-bond acceptors (Lipinski definition) is 4. The molecular formula is C14H18N4. The smallest absolute Gasteiger partial charge is 0.123 e. The predicted molar refractivity (Wildman–Crippen MR) is 72.9 cm³/mol. The molecule has 4 heteroatoms. The van der Waals surface area contributed by atoms with E-state index in [2.05, 4.69) is 28.0 Å². The molecule has 0 saturated carbocycles. The third-order valence-electron chi connectivity index (χ3n) is 2.78. The van der Waals surface area contributed by atoms with Gasteiger partial charge in [-0.25, -0.2) is 4.98 Å². The van der Waals surface area contributed by atoms with Gasteiger partial charge < -0.3 is 10.6 Å². The molecule has 0 aliphatic carbocycles. The van der Waals surface area contributed by atoms with Gasteiger partial charge >= 0.3 is 0 Å². The molecule has 2 heterocycles. The molecule has 0 fully saturated rings. The lowest BCUT2D eigenvalue weighted by molar-refractivity contribution is 0.329. The van der Waals surface area contributed by atoms with Crippen LogP contribution in [0.2, 0.25) is 0 Å². The molecule has 94 valence electrons. The van der Waals surface area contributed by atoms with Gasteiger partial charge in [0.15, 0.2) is 0 Å². The first kappa shape index (κ1) is 12.5. The molecule has 0 bridgehead atoms. The second-order valence-corrected chi connectivity index (χ2v) is 4.40. The van der Waals surface area contributed by atoms with Gasteiger partial charge in [-0.05, 0) is 30.8 Å². The van der Waals surface area contributed by atoms with Crippen LogP contribution in [0.4, 0.5) is 5.82 Å². The summed E-state index contributed by atoms with van der Waals surface area (Å²) in [6.07, 6.45) is 4.62. The summed E-state index contributed by atoms with van der Waals surface area (Å²) in [5.74, 6) is 0.565. The summed E-state index contributed by atoms with van der Waals surface area (Å²) in [4.78, 5) is 10.7. The molecular weight excluding hydrogens is 224 g/mol. The molecule has 0 unspecified atom stereocenters. The number of pyridine rings is 2. The van der Waals surface area contributed by atoms with Crippen molar-refractivity contribution in [2.24, 2.45) is 0 Å². The van der Waals surface area contributed by atoms with E-state index in [0.29, 0.717) is 5.82 Å². The van der Waals surface area contributed by atoms with E-state index in [0.717, 1.165) is 25.2 Å². The molecule has 0 aliphatic heterocycles. The van der Waals surface area contributed by atoms with Gasteiger partial charge in [0, 0.05) is 37.6 Å². The molecule has 2 aromatic rings. The number of nitrogens with zero attached hydrogens (tertiary/aromatic N) is 3. The van der Waals surface area contributed by atoms with Crippen LogP contribution < -0.4 is 5.73 Å². The van der Waals surface area contributed by atoms with Crippen molar-refractivity contribution in [1.82, 2.24) is 14.9 Å². The van der Waals surface area contributed by atoms with Gasteiger partial charge in [0.05, 0.1) is 0 Å². The average molecular weight is 242 g/mol. The number of anilines is 1. The Morgan fingerprint density at radius 2 is 2.06 bits per heavy atom. The highest BCUT2D eigenvalue weighted by Crippen LogP contribution is 2.05. The highest BCUT2D eigenvalue weighted by molar-refractivity contribution is 5.29. The van der Waals surface area contributed by atoms with E-state index < -0.39 is 0 Å². The minimum absolute atomic E-state index is 0.565. The lowest BCUT2D eigenvalue weighted by Gasteiger charge is -2.16. The monoisotopic (exact) mass is 242 g/mol. The van der Waals surface area contributed by atoms with Crippen molar-refractivity contribution in [3.63, 3.8) is 0 Å². The summed E-state index contributed by atoms with van der Waals surface area (Å²) < 4.78 is 0. The summed E-state index contributed by atoms with van der Waals surface area (Å²) >= 11 is 0. The van der Waals surface area contributed by atoms with Gasteiger partial charge in [-0.3, -0.25) is 4.98 Å². The topological polar surface area (TPSA) is 55.0 Å². The number of nitrogens with two attached hydrogens (primary N) is 1. The average Bonchev–Trinajstić information content (AvgIpc) is 2.40. The standard InChI is InChI=1S/C14H18N4/c1-18(9-7-13-4-2-3-8-16-13)11-12-5-6-14(15)17-10-12/h2-6,8,10H,7,9,11H2,1H3,(H2,15,17). The van der Waals surface area contributed by atoms with Gasteiger partial charge in [-0.2, -0.15) is 0 Å². The lowest BCUT2D eigenvalue weighted by atomic mass is 10.2. The van der Waals surface area contributed by atoms with Crippen LogP contribution in [0, 0.1) is 0 Å². The van der Waals surface area contributed by atoms with Crippen LogP contribution in [-0.4, -0.2) is 28.5 Å². The van der Waals surface area contributed by atoms with Crippen LogP contribution in [-0.2, 0) is 13.0 Å². The molecule has 0 amide bonds. The quantitative estimate of drug-likeness (QED) is 0.867. The first-order chi connectivity index (χ1) is 8.74. The van der Waals surface area contributed by atoms with Gasteiger partial charge in [0.2, 0.25) is 0 Å². The zero-order valence-electron chi connectivity index (χ0n) is 10.6. The maximum absolute atomic E-state index is 5.56. The number of likely N-dealkylation sites (N-methyl/N-ethyl adjacent to an activating group) is 1. The van der Waals surface area contributed by atoms with Crippen LogP contribution in [0.3, 0.4) is 0 Å². The number of nitrogen functional groups attached to an aromatic ring is 1. The SMILES string of the molecule is CN(CCc1ccccn1)Cc1ccc(N)nc1. The van der Waals surface area contributed by atoms with E-state index in [1.807, 2.05) is 36.7 Å². The molecule has 2 N–H and O–H groups in total. The molecule has 0 atom stereocenters. The van der Waals surface area contributed by atoms with Crippen molar-refractivity contribution < 1.29 is 0 Å². The Morgan fingerprint density at radius 1 is 1.17 bits per heavy atom. The normalized spacial score (nSPS) is 10.8. The Bertz CT molecular complexity index is 467. The zero-order valence-corrected chi connectivity index (χ0v) is 10.6. The van der Waals surface area contributed by atoms with E-state index in [9.17, 15) is 0 Å². The largest absolute Gasteiger partial charge is 0.384 e. The van der Waals surface area contributed by atoms with Crippen molar-refractivity contribution in [1.29, 1.82) is 0 Å². The van der Waals surface area contributed by atoms with Crippen molar-refractivity contribution in [2.45, 2.75) is 13.0 Å². The van der Waals surface area contributed by atoms with Gasteiger partial charge in [0.1, 0.15) is 5.82 Å². The summed E-state index contributed by atoms with van der Waals surface area (Å²) in [5, 5.41) is 0. The molecule has 18 heavy (non-hydrogen) atoms. The van der Waals surface area contributed by atoms with Crippen LogP contribution in [0.5, 0.6) is 0 Å². The van der Waals surface area contributed by atoms with Gasteiger partial charge in [-0.1, -0.05) is 12.1 Å². The van der Waals surface area contributed by atoms with Crippen molar-refractivity contribution >= 4 is 5.82 Å².